The van der Waals surface area contributed by atoms with Crippen molar-refractivity contribution in [3.8, 4) is 0 Å². The number of nitrogens with zero attached hydrogens (tertiary/aromatic N) is 2. The van der Waals surface area contributed by atoms with Gasteiger partial charge in [0.05, 0.1) is 7.11 Å². The smallest absolute Gasteiger partial charge is 0.343 e. The molecule has 0 aromatic carbocycles. The zero-order chi connectivity index (χ0) is 15.5. The quantitative estimate of drug-likeness (QED) is 0.416. The van der Waals surface area contributed by atoms with Gasteiger partial charge in [0, 0.05) is 18.8 Å². The first-order valence-electron chi connectivity index (χ1n) is 7.06. The molecule has 8 heteroatoms. The summed E-state index contributed by atoms with van der Waals surface area (Å²) in [5.74, 6) is 0.573. The van der Waals surface area contributed by atoms with E-state index in [0.29, 0.717) is 17.6 Å². The fraction of sp³-hybridized carbons (Fsp3) is 0.769. The molecule has 1 aromatic heterocycles. The highest BCUT2D eigenvalue weighted by atomic mass is 32.2. The topological polar surface area (TPSA) is 89.0 Å². The third-order valence-electron chi connectivity index (χ3n) is 3.63. The molecule has 0 aliphatic heterocycles. The van der Waals surface area contributed by atoms with Crippen molar-refractivity contribution >= 4 is 17.7 Å². The first-order valence-corrected chi connectivity index (χ1v) is 8.05. The predicted molar refractivity (Wildman–Crippen MR) is 80.4 cm³/mol. The molecule has 1 atom stereocenters. The van der Waals surface area contributed by atoms with Crippen LogP contribution in [0, 0.1) is 0 Å². The number of methoxy groups -OCH3 is 1. The van der Waals surface area contributed by atoms with Crippen LogP contribution in [0.4, 0.5) is 0 Å². The number of ether oxygens (including phenoxy) is 1. The summed E-state index contributed by atoms with van der Waals surface area (Å²) in [7, 11) is 3.10. The monoisotopic (exact) mass is 314 g/mol. The van der Waals surface area contributed by atoms with E-state index in [4.69, 9.17) is 4.74 Å². The van der Waals surface area contributed by atoms with Crippen LogP contribution in [0.1, 0.15) is 32.6 Å². The number of carbonyl (C=O) groups excluding carboxylic acids is 1. The van der Waals surface area contributed by atoms with Crippen LogP contribution < -0.4 is 11.0 Å². The average molecular weight is 314 g/mol. The lowest BCUT2D eigenvalue weighted by molar-refractivity contribution is -0.148. The predicted octanol–water partition coefficient (Wildman–Crippen LogP) is 0.664. The SMILES string of the molecule is COC(=O)C(C)(CCCSc1n[nH]c(=O)n1C)NC1CC1. The van der Waals surface area contributed by atoms with Crippen LogP contribution in [0.3, 0.4) is 0 Å². The molecule has 1 fully saturated rings. The Balaban J connectivity index is 1.82. The molecule has 0 radical (unpaired) electrons. The fourth-order valence-electron chi connectivity index (χ4n) is 2.19. The maximum Gasteiger partial charge on any atom is 0.343 e. The summed E-state index contributed by atoms with van der Waals surface area (Å²) in [4.78, 5) is 23.2. The van der Waals surface area contributed by atoms with Crippen LogP contribution in [0.15, 0.2) is 9.95 Å². The summed E-state index contributed by atoms with van der Waals surface area (Å²) in [5.41, 5.74) is -0.846. The number of thioether (sulfide) groups is 1. The summed E-state index contributed by atoms with van der Waals surface area (Å²) >= 11 is 1.50. The van der Waals surface area contributed by atoms with Crippen molar-refractivity contribution in [1.29, 1.82) is 0 Å². The van der Waals surface area contributed by atoms with Gasteiger partial charge in [-0.05, 0) is 32.6 Å². The number of hydrogen-bond acceptors (Lipinski definition) is 6. The molecule has 1 aliphatic rings. The van der Waals surface area contributed by atoms with E-state index in [0.717, 1.165) is 25.0 Å². The second-order valence-electron chi connectivity index (χ2n) is 5.56. The fourth-order valence-corrected chi connectivity index (χ4v) is 3.05. The van der Waals surface area contributed by atoms with Crippen molar-refractivity contribution in [3.63, 3.8) is 0 Å². The van der Waals surface area contributed by atoms with E-state index in [1.54, 1.807) is 7.05 Å². The number of hydrogen-bond donors (Lipinski definition) is 2. The highest BCUT2D eigenvalue weighted by molar-refractivity contribution is 7.99. The van der Waals surface area contributed by atoms with E-state index in [-0.39, 0.29) is 11.7 Å². The molecule has 118 valence electrons. The lowest BCUT2D eigenvalue weighted by atomic mass is 9.96. The summed E-state index contributed by atoms with van der Waals surface area (Å²) < 4.78 is 6.39. The van der Waals surface area contributed by atoms with E-state index < -0.39 is 5.54 Å². The molecule has 2 N–H and O–H groups in total. The van der Waals surface area contributed by atoms with Gasteiger partial charge in [0.15, 0.2) is 5.16 Å². The second kappa shape index (κ2) is 6.65. The lowest BCUT2D eigenvalue weighted by Gasteiger charge is -2.28. The highest BCUT2D eigenvalue weighted by Gasteiger charge is 2.38. The molecule has 1 aromatic rings. The van der Waals surface area contributed by atoms with Crippen LogP contribution in [-0.4, -0.2) is 45.2 Å². The minimum atomic E-state index is -0.631. The van der Waals surface area contributed by atoms with Gasteiger partial charge < -0.3 is 4.74 Å². The number of rotatable bonds is 8. The van der Waals surface area contributed by atoms with Crippen LogP contribution in [0.2, 0.25) is 0 Å². The summed E-state index contributed by atoms with van der Waals surface area (Å²) in [5, 5.41) is 10.4. The summed E-state index contributed by atoms with van der Waals surface area (Å²) in [6.45, 7) is 1.89. The molecule has 0 bridgehead atoms. The molecule has 1 aliphatic carbocycles. The number of esters is 1. The van der Waals surface area contributed by atoms with Crippen molar-refractivity contribution in [2.45, 2.75) is 49.3 Å². The van der Waals surface area contributed by atoms with Crippen molar-refractivity contribution in [2.75, 3.05) is 12.9 Å². The summed E-state index contributed by atoms with van der Waals surface area (Å²) in [6.07, 6.45) is 3.77. The van der Waals surface area contributed by atoms with E-state index in [2.05, 4.69) is 15.5 Å². The molecule has 0 amide bonds. The molecule has 1 saturated carbocycles. The van der Waals surface area contributed by atoms with E-state index >= 15 is 0 Å². The van der Waals surface area contributed by atoms with Gasteiger partial charge in [0.1, 0.15) is 5.54 Å². The average Bonchev–Trinajstić information content (AvgIpc) is 3.22. The molecule has 2 rings (SSSR count). The Bertz CT molecular complexity index is 552. The molecule has 1 unspecified atom stereocenters. The van der Waals surface area contributed by atoms with Crippen molar-refractivity contribution in [1.82, 2.24) is 20.1 Å². The first kappa shape index (κ1) is 16.1. The maximum atomic E-state index is 12.0. The van der Waals surface area contributed by atoms with Gasteiger partial charge in [-0.25, -0.2) is 9.89 Å². The lowest BCUT2D eigenvalue weighted by Crippen LogP contribution is -2.51. The minimum Gasteiger partial charge on any atom is -0.468 e. The molecule has 7 nitrogen and oxygen atoms in total. The Morgan fingerprint density at radius 1 is 1.62 bits per heavy atom. The van der Waals surface area contributed by atoms with E-state index in [1.807, 2.05) is 6.92 Å². The number of aromatic amines is 1. The van der Waals surface area contributed by atoms with Crippen LogP contribution >= 0.6 is 11.8 Å². The number of aromatic nitrogens is 3. The molecule has 1 heterocycles. The Morgan fingerprint density at radius 2 is 2.33 bits per heavy atom. The van der Waals surface area contributed by atoms with Crippen LogP contribution in [-0.2, 0) is 16.6 Å². The van der Waals surface area contributed by atoms with Gasteiger partial charge in [0.25, 0.3) is 0 Å². The molecule has 0 spiro atoms. The van der Waals surface area contributed by atoms with Gasteiger partial charge >= 0.3 is 11.7 Å². The normalized spacial score (nSPS) is 17.5. The highest BCUT2D eigenvalue weighted by Crippen LogP contribution is 2.26. The Morgan fingerprint density at radius 3 is 2.86 bits per heavy atom. The Kier molecular flexibility index (Phi) is 5.10. The van der Waals surface area contributed by atoms with Crippen molar-refractivity contribution in [2.24, 2.45) is 7.05 Å². The standard InChI is InChI=1S/C13H22N4O3S/c1-13(10(18)20-3,14-9-5-6-9)7-4-8-21-12-16-15-11(19)17(12)2/h9,14H,4-8H2,1-3H3,(H,15,19). The van der Waals surface area contributed by atoms with Gasteiger partial charge in [0.2, 0.25) is 0 Å². The van der Waals surface area contributed by atoms with E-state index in [1.165, 1.54) is 23.4 Å². The third-order valence-corrected chi connectivity index (χ3v) is 4.74. The van der Waals surface area contributed by atoms with Gasteiger partial charge in [-0.15, -0.1) is 5.10 Å². The van der Waals surface area contributed by atoms with Crippen molar-refractivity contribution < 1.29 is 9.53 Å². The maximum absolute atomic E-state index is 12.0. The van der Waals surface area contributed by atoms with Crippen LogP contribution in [0.25, 0.3) is 0 Å². The molecular weight excluding hydrogens is 292 g/mol. The Labute approximate surface area is 127 Å². The van der Waals surface area contributed by atoms with Gasteiger partial charge in [-0.1, -0.05) is 11.8 Å². The summed E-state index contributed by atoms with van der Waals surface area (Å²) in [6, 6.07) is 0.439. The van der Waals surface area contributed by atoms with Gasteiger partial charge in [-0.3, -0.25) is 14.7 Å². The zero-order valence-electron chi connectivity index (χ0n) is 12.6. The first-order chi connectivity index (χ1) is 9.96. The second-order valence-corrected chi connectivity index (χ2v) is 6.63. The van der Waals surface area contributed by atoms with Crippen molar-refractivity contribution in [3.05, 3.63) is 10.5 Å². The number of H-pyrrole nitrogens is 1. The third kappa shape index (κ3) is 4.10. The minimum absolute atomic E-state index is 0.215. The molecule has 0 saturated heterocycles. The van der Waals surface area contributed by atoms with Gasteiger partial charge in [-0.2, -0.15) is 0 Å². The molecular formula is C13H22N4O3S. The number of carbonyl (C=O) groups is 1. The zero-order valence-corrected chi connectivity index (χ0v) is 13.5. The number of nitrogens with one attached hydrogen (secondary N) is 2. The Hall–Kier alpha value is -1.28. The largest absolute Gasteiger partial charge is 0.468 e. The van der Waals surface area contributed by atoms with Crippen LogP contribution in [0.5, 0.6) is 0 Å². The van der Waals surface area contributed by atoms with E-state index in [9.17, 15) is 9.59 Å². The molecule has 21 heavy (non-hydrogen) atoms.